The lowest BCUT2D eigenvalue weighted by atomic mass is 10.2. The molecular weight excluding hydrogens is 506 g/mol. The van der Waals surface area contributed by atoms with Crippen molar-refractivity contribution >= 4 is 63.5 Å². The zero-order valence-electron chi connectivity index (χ0n) is 12.1. The van der Waals surface area contributed by atoms with Gasteiger partial charge in [-0.2, -0.15) is 0 Å². The molecule has 0 aliphatic rings. The second-order valence-corrected chi connectivity index (χ2v) is 14.8. The molecule has 5 nitrogen and oxygen atoms in total. The van der Waals surface area contributed by atoms with Crippen molar-refractivity contribution in [1.82, 2.24) is 4.90 Å². The number of sulfone groups is 1. The van der Waals surface area contributed by atoms with Crippen molar-refractivity contribution in [2.24, 2.45) is 0 Å². The van der Waals surface area contributed by atoms with Crippen molar-refractivity contribution < 1.29 is 17.9 Å². The van der Waals surface area contributed by atoms with Gasteiger partial charge in [-0.05, 0) is 72.9 Å². The van der Waals surface area contributed by atoms with Crippen molar-refractivity contribution in [3.8, 4) is 0 Å². The van der Waals surface area contributed by atoms with E-state index in [1.54, 1.807) is 24.1 Å². The number of rotatable bonds is 6. The van der Waals surface area contributed by atoms with Gasteiger partial charge in [-0.1, -0.05) is 6.07 Å². The zero-order chi connectivity index (χ0) is 17.0. The van der Waals surface area contributed by atoms with E-state index >= 15 is 0 Å². The molecule has 0 radical (unpaired) electrons. The Morgan fingerprint density at radius 2 is 1.95 bits per heavy atom. The molecule has 0 bridgehead atoms. The quantitative estimate of drug-likeness (QED) is 0.539. The Bertz CT molecular complexity index is 628. The molecule has 9 heteroatoms. The van der Waals surface area contributed by atoms with E-state index in [1.807, 2.05) is 6.92 Å². The number of likely N-dealkylation sites (N-methyl/N-ethyl adjacent to an activating group) is 1. The fourth-order valence-corrected chi connectivity index (χ4v) is 4.21. The van der Waals surface area contributed by atoms with Gasteiger partial charge in [0, 0.05) is 25.8 Å². The lowest BCUT2D eigenvalue weighted by molar-refractivity contribution is 0.0706. The van der Waals surface area contributed by atoms with Crippen molar-refractivity contribution in [1.29, 1.82) is 0 Å². The second-order valence-electron chi connectivity index (χ2n) is 4.35. The van der Waals surface area contributed by atoms with Gasteiger partial charge in [-0.25, -0.2) is 8.42 Å². The standard InChI is InChI=1S/C13H16Br3NO4S/c1-3-17(7-8-21-2)12(18)10-5-4-6-11(9-10)22(19,20)13(14,15)16/h4-6,9H,3,7-8H2,1-2H3. The number of amides is 1. The van der Waals surface area contributed by atoms with Crippen LogP contribution < -0.4 is 0 Å². The summed E-state index contributed by atoms with van der Waals surface area (Å²) in [6, 6.07) is 5.94. The van der Waals surface area contributed by atoms with Crippen LogP contribution in [-0.4, -0.2) is 47.5 Å². The van der Waals surface area contributed by atoms with Crippen LogP contribution in [-0.2, 0) is 14.6 Å². The molecule has 0 unspecified atom stereocenters. The van der Waals surface area contributed by atoms with Gasteiger partial charge >= 0.3 is 0 Å². The van der Waals surface area contributed by atoms with Gasteiger partial charge in [0.05, 0.1) is 11.5 Å². The maximum atomic E-state index is 12.5. The number of hydrogen-bond donors (Lipinski definition) is 0. The van der Waals surface area contributed by atoms with Crippen molar-refractivity contribution in [3.05, 3.63) is 29.8 Å². The van der Waals surface area contributed by atoms with E-state index in [0.29, 0.717) is 25.3 Å². The van der Waals surface area contributed by atoms with Gasteiger partial charge in [0.1, 0.15) is 0 Å². The van der Waals surface area contributed by atoms with Gasteiger partial charge < -0.3 is 9.64 Å². The summed E-state index contributed by atoms with van der Waals surface area (Å²) in [4.78, 5) is 14.1. The number of nitrogens with zero attached hydrogens (tertiary/aromatic N) is 1. The van der Waals surface area contributed by atoms with E-state index in [1.165, 1.54) is 12.1 Å². The molecule has 0 aliphatic carbocycles. The first-order valence-electron chi connectivity index (χ1n) is 6.34. The summed E-state index contributed by atoms with van der Waals surface area (Å²) >= 11 is 9.03. The minimum Gasteiger partial charge on any atom is -0.383 e. The molecule has 0 aliphatic heterocycles. The molecule has 0 fully saturated rings. The smallest absolute Gasteiger partial charge is 0.253 e. The number of halogens is 3. The molecule has 0 heterocycles. The fraction of sp³-hybridized carbons (Fsp3) is 0.462. The van der Waals surface area contributed by atoms with Crippen molar-refractivity contribution in [3.63, 3.8) is 0 Å². The number of ether oxygens (including phenoxy) is 1. The van der Waals surface area contributed by atoms with E-state index in [-0.39, 0.29) is 10.8 Å². The molecule has 0 saturated heterocycles. The SMILES string of the molecule is CCN(CCOC)C(=O)c1cccc(S(=O)(=O)C(Br)(Br)Br)c1. The van der Waals surface area contributed by atoms with Gasteiger partial charge in [0.25, 0.3) is 5.91 Å². The van der Waals surface area contributed by atoms with Crippen molar-refractivity contribution in [2.45, 2.75) is 13.3 Å². The van der Waals surface area contributed by atoms with Crippen LogP contribution in [0.3, 0.4) is 0 Å². The van der Waals surface area contributed by atoms with E-state index in [0.717, 1.165) is 0 Å². The Morgan fingerprint density at radius 3 is 2.45 bits per heavy atom. The fourth-order valence-electron chi connectivity index (χ4n) is 1.72. The van der Waals surface area contributed by atoms with Crippen LogP contribution in [0.2, 0.25) is 0 Å². The molecule has 1 rings (SSSR count). The zero-order valence-corrected chi connectivity index (χ0v) is 17.6. The average molecular weight is 522 g/mol. The van der Waals surface area contributed by atoms with E-state index < -0.39 is 11.3 Å². The third-order valence-electron chi connectivity index (χ3n) is 2.93. The molecule has 0 atom stereocenters. The van der Waals surface area contributed by atoms with Crippen LogP contribution in [0.1, 0.15) is 17.3 Å². The summed E-state index contributed by atoms with van der Waals surface area (Å²) in [5.41, 5.74) is 0.316. The van der Waals surface area contributed by atoms with Gasteiger partial charge in [-0.15, -0.1) is 0 Å². The highest BCUT2D eigenvalue weighted by Gasteiger charge is 2.37. The Kier molecular flexibility index (Phi) is 7.51. The Labute approximate surface area is 155 Å². The molecule has 0 N–H and O–H groups in total. The molecule has 0 aromatic heterocycles. The van der Waals surface area contributed by atoms with Gasteiger partial charge in [-0.3, -0.25) is 4.79 Å². The third kappa shape index (κ3) is 4.77. The lowest BCUT2D eigenvalue weighted by Crippen LogP contribution is -2.33. The van der Waals surface area contributed by atoms with Gasteiger partial charge in [0.2, 0.25) is 11.3 Å². The summed E-state index contributed by atoms with van der Waals surface area (Å²) in [6.07, 6.45) is 0. The topological polar surface area (TPSA) is 63.7 Å². The summed E-state index contributed by atoms with van der Waals surface area (Å²) < 4.78 is 28.2. The predicted octanol–water partition coefficient (Wildman–Crippen LogP) is 3.36. The highest BCUT2D eigenvalue weighted by molar-refractivity contribution is 9.42. The van der Waals surface area contributed by atoms with Crippen LogP contribution >= 0.6 is 47.8 Å². The minimum atomic E-state index is -3.73. The molecular formula is C13H16Br3NO4S. The van der Waals surface area contributed by atoms with E-state index in [9.17, 15) is 13.2 Å². The number of methoxy groups -OCH3 is 1. The van der Waals surface area contributed by atoms with Crippen LogP contribution in [0.4, 0.5) is 0 Å². The number of alkyl halides is 3. The van der Waals surface area contributed by atoms with Crippen molar-refractivity contribution in [2.75, 3.05) is 26.8 Å². The average Bonchev–Trinajstić information content (AvgIpc) is 2.46. The number of hydrogen-bond acceptors (Lipinski definition) is 4. The first-order valence-corrected chi connectivity index (χ1v) is 10.2. The number of benzene rings is 1. The Hall–Kier alpha value is 0.0400. The largest absolute Gasteiger partial charge is 0.383 e. The normalized spacial score (nSPS) is 12.2. The maximum Gasteiger partial charge on any atom is 0.253 e. The Balaban J connectivity index is 3.14. The predicted molar refractivity (Wildman–Crippen MR) is 96.6 cm³/mol. The molecule has 1 aromatic carbocycles. The summed E-state index contributed by atoms with van der Waals surface area (Å²) in [7, 11) is -2.16. The minimum absolute atomic E-state index is 0.0340. The van der Waals surface area contributed by atoms with Gasteiger partial charge in [0.15, 0.2) is 0 Å². The summed E-state index contributed by atoms with van der Waals surface area (Å²) in [5.74, 6) is -0.235. The molecule has 22 heavy (non-hydrogen) atoms. The second kappa shape index (κ2) is 8.23. The van der Waals surface area contributed by atoms with Crippen LogP contribution in [0.25, 0.3) is 0 Å². The van der Waals surface area contributed by atoms with E-state index in [4.69, 9.17) is 4.74 Å². The van der Waals surface area contributed by atoms with Crippen LogP contribution in [0.15, 0.2) is 29.2 Å². The molecule has 0 spiro atoms. The molecule has 0 saturated carbocycles. The van der Waals surface area contributed by atoms with E-state index in [2.05, 4.69) is 47.8 Å². The monoisotopic (exact) mass is 519 g/mol. The number of carbonyl (C=O) groups is 1. The third-order valence-corrected chi connectivity index (χ3v) is 8.25. The molecule has 124 valence electrons. The Morgan fingerprint density at radius 1 is 1.32 bits per heavy atom. The maximum absolute atomic E-state index is 12.5. The lowest BCUT2D eigenvalue weighted by Gasteiger charge is -2.21. The summed E-state index contributed by atoms with van der Waals surface area (Å²) in [5, 5.41) is 0. The first-order chi connectivity index (χ1) is 10.1. The number of carbonyl (C=O) groups excluding carboxylic acids is 1. The molecule has 1 amide bonds. The van der Waals surface area contributed by atoms with Crippen LogP contribution in [0, 0.1) is 0 Å². The summed E-state index contributed by atoms with van der Waals surface area (Å²) in [6.45, 7) is 3.24. The first kappa shape index (κ1) is 20.1. The molecule has 1 aromatic rings. The highest BCUT2D eigenvalue weighted by Crippen LogP contribution is 2.43. The highest BCUT2D eigenvalue weighted by atomic mass is 80.0. The van der Waals surface area contributed by atoms with Crippen LogP contribution in [0.5, 0.6) is 0 Å².